The van der Waals surface area contributed by atoms with Crippen LogP contribution in [0.4, 0.5) is 0 Å². The quantitative estimate of drug-likeness (QED) is 0.857. The smallest absolute Gasteiger partial charge is 0.209 e. The van der Waals surface area contributed by atoms with E-state index < -0.39 is 5.60 Å². The first kappa shape index (κ1) is 10.7. The van der Waals surface area contributed by atoms with E-state index in [9.17, 15) is 5.11 Å². The number of rotatable bonds is 2. The number of nitrogens with zero attached hydrogens (tertiary/aromatic N) is 2. The Hall–Kier alpha value is -1.39. The number of para-hydroxylation sites is 2. The average Bonchev–Trinajstić information content (AvgIpc) is 2.81. The van der Waals surface area contributed by atoms with Crippen LogP contribution in [0.15, 0.2) is 28.7 Å². The van der Waals surface area contributed by atoms with E-state index >= 15 is 0 Å². The topological polar surface area (TPSA) is 49.5 Å². The molecule has 0 saturated carbocycles. The van der Waals surface area contributed by atoms with E-state index in [0.717, 1.165) is 30.0 Å². The van der Waals surface area contributed by atoms with Gasteiger partial charge in [-0.05, 0) is 25.5 Å². The molecule has 0 amide bonds. The molecule has 1 atom stereocenters. The molecular weight excluding hydrogens is 216 g/mol. The van der Waals surface area contributed by atoms with Gasteiger partial charge in [0.1, 0.15) is 5.52 Å². The summed E-state index contributed by atoms with van der Waals surface area (Å²) in [5, 5.41) is 9.89. The molecule has 2 aromatic rings. The molecule has 17 heavy (non-hydrogen) atoms. The first-order valence-electron chi connectivity index (χ1n) is 5.92. The van der Waals surface area contributed by atoms with Gasteiger partial charge in [-0.25, -0.2) is 4.98 Å². The lowest BCUT2D eigenvalue weighted by Crippen LogP contribution is -2.29. The summed E-state index contributed by atoms with van der Waals surface area (Å²) in [6, 6.07) is 7.77. The second kappa shape index (κ2) is 3.82. The first-order valence-corrected chi connectivity index (χ1v) is 5.92. The number of benzene rings is 1. The Bertz CT molecular complexity index is 500. The lowest BCUT2D eigenvalue weighted by atomic mass is 10.1. The van der Waals surface area contributed by atoms with Crippen molar-refractivity contribution < 1.29 is 9.52 Å². The summed E-state index contributed by atoms with van der Waals surface area (Å²) in [7, 11) is 0. The van der Waals surface area contributed by atoms with Crippen molar-refractivity contribution in [1.29, 1.82) is 0 Å². The number of likely N-dealkylation sites (tertiary alicyclic amines) is 1. The van der Waals surface area contributed by atoms with Crippen molar-refractivity contribution in [3.63, 3.8) is 0 Å². The zero-order valence-corrected chi connectivity index (χ0v) is 9.89. The summed E-state index contributed by atoms with van der Waals surface area (Å²) in [6.45, 7) is 4.13. The molecule has 4 nitrogen and oxygen atoms in total. The average molecular weight is 232 g/mol. The molecule has 1 saturated heterocycles. The van der Waals surface area contributed by atoms with E-state index in [2.05, 4.69) is 9.88 Å². The number of hydrogen-bond donors (Lipinski definition) is 1. The molecule has 4 heteroatoms. The maximum atomic E-state index is 9.89. The van der Waals surface area contributed by atoms with Crippen molar-refractivity contribution in [1.82, 2.24) is 9.88 Å². The molecular formula is C13H16N2O2. The van der Waals surface area contributed by atoms with Crippen molar-refractivity contribution in [2.45, 2.75) is 25.5 Å². The number of hydrogen-bond acceptors (Lipinski definition) is 4. The van der Waals surface area contributed by atoms with Crippen LogP contribution in [0.2, 0.25) is 0 Å². The van der Waals surface area contributed by atoms with Crippen molar-refractivity contribution >= 4 is 11.1 Å². The van der Waals surface area contributed by atoms with Crippen molar-refractivity contribution in [3.8, 4) is 0 Å². The van der Waals surface area contributed by atoms with Crippen LogP contribution < -0.4 is 0 Å². The van der Waals surface area contributed by atoms with Gasteiger partial charge < -0.3 is 9.52 Å². The van der Waals surface area contributed by atoms with Gasteiger partial charge in [-0.1, -0.05) is 12.1 Å². The molecule has 0 bridgehead atoms. The van der Waals surface area contributed by atoms with Crippen molar-refractivity contribution in [2.75, 3.05) is 13.1 Å². The molecule has 1 aliphatic heterocycles. The van der Waals surface area contributed by atoms with Crippen LogP contribution in [0.25, 0.3) is 11.1 Å². The van der Waals surface area contributed by atoms with E-state index in [1.54, 1.807) is 0 Å². The molecule has 1 N–H and O–H groups in total. The van der Waals surface area contributed by atoms with Gasteiger partial charge >= 0.3 is 0 Å². The number of aliphatic hydroxyl groups is 1. The number of aromatic nitrogens is 1. The predicted molar refractivity (Wildman–Crippen MR) is 64.5 cm³/mol. The highest BCUT2D eigenvalue weighted by Crippen LogP contribution is 2.23. The third kappa shape index (κ3) is 2.18. The van der Waals surface area contributed by atoms with Gasteiger partial charge in [0.2, 0.25) is 5.89 Å². The van der Waals surface area contributed by atoms with Gasteiger partial charge in [-0.15, -0.1) is 0 Å². The molecule has 3 rings (SSSR count). The second-order valence-electron chi connectivity index (χ2n) is 5.03. The maximum absolute atomic E-state index is 9.89. The van der Waals surface area contributed by atoms with Crippen LogP contribution in [0.1, 0.15) is 19.2 Å². The second-order valence-corrected chi connectivity index (χ2v) is 5.03. The Labute approximate surface area is 99.9 Å². The Kier molecular flexibility index (Phi) is 2.42. The van der Waals surface area contributed by atoms with Crippen LogP contribution in [-0.2, 0) is 6.54 Å². The highest BCUT2D eigenvalue weighted by molar-refractivity contribution is 5.72. The first-order chi connectivity index (χ1) is 8.12. The van der Waals surface area contributed by atoms with E-state index in [4.69, 9.17) is 4.42 Å². The molecule has 0 spiro atoms. The number of oxazole rings is 1. The molecule has 1 unspecified atom stereocenters. The predicted octanol–water partition coefficient (Wildman–Crippen LogP) is 1.78. The minimum Gasteiger partial charge on any atom is -0.439 e. The largest absolute Gasteiger partial charge is 0.439 e. The third-order valence-corrected chi connectivity index (χ3v) is 3.23. The maximum Gasteiger partial charge on any atom is 0.209 e. The summed E-state index contributed by atoms with van der Waals surface area (Å²) in [6.07, 6.45) is 0.813. The van der Waals surface area contributed by atoms with Gasteiger partial charge in [0.05, 0.1) is 12.1 Å². The summed E-state index contributed by atoms with van der Waals surface area (Å²) in [4.78, 5) is 6.61. The van der Waals surface area contributed by atoms with Gasteiger partial charge in [0.15, 0.2) is 5.58 Å². The zero-order valence-electron chi connectivity index (χ0n) is 9.89. The zero-order chi connectivity index (χ0) is 11.9. The fourth-order valence-electron chi connectivity index (χ4n) is 2.35. The fourth-order valence-corrected chi connectivity index (χ4v) is 2.35. The van der Waals surface area contributed by atoms with Gasteiger partial charge in [-0.3, -0.25) is 4.90 Å². The lowest BCUT2D eigenvalue weighted by Gasteiger charge is -2.17. The summed E-state index contributed by atoms with van der Waals surface area (Å²) < 4.78 is 5.66. The van der Waals surface area contributed by atoms with Crippen LogP contribution >= 0.6 is 0 Å². The lowest BCUT2D eigenvalue weighted by molar-refractivity contribution is 0.0669. The van der Waals surface area contributed by atoms with E-state index in [-0.39, 0.29) is 0 Å². The van der Waals surface area contributed by atoms with Crippen LogP contribution in [0, 0.1) is 0 Å². The molecule has 2 heterocycles. The summed E-state index contributed by atoms with van der Waals surface area (Å²) >= 11 is 0. The Morgan fingerprint density at radius 3 is 3.00 bits per heavy atom. The number of β-amino-alcohol motifs (C(OH)–C–C–N with tert-alkyl or cyclic N) is 1. The van der Waals surface area contributed by atoms with E-state index in [0.29, 0.717) is 13.1 Å². The minimum absolute atomic E-state index is 0.563. The SMILES string of the molecule is CC1(O)CCN(Cc2nc3ccccc3o2)C1. The Morgan fingerprint density at radius 2 is 2.29 bits per heavy atom. The van der Waals surface area contributed by atoms with Crippen molar-refractivity contribution in [3.05, 3.63) is 30.2 Å². The molecule has 1 fully saturated rings. The van der Waals surface area contributed by atoms with Crippen molar-refractivity contribution in [2.24, 2.45) is 0 Å². The molecule has 0 aliphatic carbocycles. The third-order valence-electron chi connectivity index (χ3n) is 3.23. The van der Waals surface area contributed by atoms with E-state index in [1.807, 2.05) is 31.2 Å². The van der Waals surface area contributed by atoms with Gasteiger partial charge in [0.25, 0.3) is 0 Å². The Morgan fingerprint density at radius 1 is 1.47 bits per heavy atom. The monoisotopic (exact) mass is 232 g/mol. The Balaban J connectivity index is 1.77. The normalized spacial score (nSPS) is 25.8. The molecule has 1 aromatic carbocycles. The van der Waals surface area contributed by atoms with Gasteiger partial charge in [-0.2, -0.15) is 0 Å². The molecule has 0 radical (unpaired) electrons. The standard InChI is InChI=1S/C13H16N2O2/c1-13(16)6-7-15(9-13)8-12-14-10-4-2-3-5-11(10)17-12/h2-5,16H,6-9H2,1H3. The fraction of sp³-hybridized carbons (Fsp3) is 0.462. The summed E-state index contributed by atoms with van der Waals surface area (Å²) in [5.74, 6) is 0.726. The van der Waals surface area contributed by atoms with Gasteiger partial charge in [0, 0.05) is 13.1 Å². The van der Waals surface area contributed by atoms with Crippen LogP contribution in [0.5, 0.6) is 0 Å². The highest BCUT2D eigenvalue weighted by atomic mass is 16.3. The van der Waals surface area contributed by atoms with Crippen LogP contribution in [-0.4, -0.2) is 33.7 Å². The minimum atomic E-state index is -0.563. The summed E-state index contributed by atoms with van der Waals surface area (Å²) in [5.41, 5.74) is 1.16. The molecule has 1 aliphatic rings. The highest BCUT2D eigenvalue weighted by Gasteiger charge is 2.31. The number of fused-ring (bicyclic) bond motifs is 1. The van der Waals surface area contributed by atoms with E-state index in [1.165, 1.54) is 0 Å². The molecule has 1 aromatic heterocycles. The van der Waals surface area contributed by atoms with Crippen LogP contribution in [0.3, 0.4) is 0 Å². The molecule has 90 valence electrons.